The number of nitro groups is 1. The zero-order chi connectivity index (χ0) is 11.7. The number of hydrogen-bond acceptors (Lipinski definition) is 3. The van der Waals surface area contributed by atoms with Crippen molar-refractivity contribution in [1.82, 2.24) is 5.32 Å². The Kier molecular flexibility index (Phi) is 2.82. The first kappa shape index (κ1) is 10.9. The number of rotatable bonds is 3. The SMILES string of the molecule is O=[N+]([O-])c1cc(F)c(CC2CNC2)cc1F. The molecule has 1 saturated heterocycles. The predicted molar refractivity (Wildman–Crippen MR) is 53.1 cm³/mol. The molecule has 6 heteroatoms. The van der Waals surface area contributed by atoms with Gasteiger partial charge < -0.3 is 5.32 Å². The molecule has 0 aliphatic carbocycles. The van der Waals surface area contributed by atoms with Gasteiger partial charge in [-0.1, -0.05) is 0 Å². The number of hydrogen-bond donors (Lipinski definition) is 1. The fourth-order valence-corrected chi connectivity index (χ4v) is 1.68. The molecule has 4 nitrogen and oxygen atoms in total. The smallest absolute Gasteiger partial charge is 0.307 e. The minimum atomic E-state index is -0.978. The van der Waals surface area contributed by atoms with Crippen LogP contribution in [0, 0.1) is 27.7 Å². The van der Waals surface area contributed by atoms with E-state index in [-0.39, 0.29) is 11.5 Å². The third-order valence-corrected chi connectivity index (χ3v) is 2.69. The number of nitrogens with one attached hydrogen (secondary N) is 1. The molecule has 1 aromatic rings. The Bertz CT molecular complexity index is 433. The van der Waals surface area contributed by atoms with Crippen molar-refractivity contribution < 1.29 is 13.7 Å². The van der Waals surface area contributed by atoms with E-state index in [1.165, 1.54) is 0 Å². The van der Waals surface area contributed by atoms with Crippen molar-refractivity contribution in [2.75, 3.05) is 13.1 Å². The van der Waals surface area contributed by atoms with Crippen molar-refractivity contribution in [3.8, 4) is 0 Å². The highest BCUT2D eigenvalue weighted by Gasteiger charge is 2.22. The highest BCUT2D eigenvalue weighted by Crippen LogP contribution is 2.23. The summed E-state index contributed by atoms with van der Waals surface area (Å²) in [5.41, 5.74) is -0.609. The van der Waals surface area contributed by atoms with Crippen LogP contribution >= 0.6 is 0 Å². The molecule has 86 valence electrons. The molecule has 16 heavy (non-hydrogen) atoms. The summed E-state index contributed by atoms with van der Waals surface area (Å²) < 4.78 is 26.6. The Hall–Kier alpha value is -1.56. The molecule has 0 saturated carbocycles. The van der Waals surface area contributed by atoms with Crippen molar-refractivity contribution >= 4 is 5.69 Å². The zero-order valence-corrected chi connectivity index (χ0v) is 8.37. The number of nitro benzene ring substituents is 1. The van der Waals surface area contributed by atoms with Gasteiger partial charge in [0, 0.05) is 0 Å². The summed E-state index contributed by atoms with van der Waals surface area (Å²) in [5, 5.41) is 13.4. The lowest BCUT2D eigenvalue weighted by atomic mass is 9.94. The summed E-state index contributed by atoms with van der Waals surface area (Å²) in [6.45, 7) is 1.55. The van der Waals surface area contributed by atoms with Crippen molar-refractivity contribution in [1.29, 1.82) is 0 Å². The molecular formula is C10H10F2N2O2. The largest absolute Gasteiger partial charge is 0.316 e. The van der Waals surface area contributed by atoms with E-state index >= 15 is 0 Å². The molecule has 1 aliphatic heterocycles. The normalized spacial score (nSPS) is 15.9. The fraction of sp³-hybridized carbons (Fsp3) is 0.400. The van der Waals surface area contributed by atoms with E-state index in [1.807, 2.05) is 0 Å². The molecular weight excluding hydrogens is 218 g/mol. The van der Waals surface area contributed by atoms with E-state index in [2.05, 4.69) is 5.32 Å². The van der Waals surface area contributed by atoms with Crippen LogP contribution in [0.1, 0.15) is 5.56 Å². The maximum absolute atomic E-state index is 13.4. The minimum Gasteiger partial charge on any atom is -0.316 e. The quantitative estimate of drug-likeness (QED) is 0.632. The van der Waals surface area contributed by atoms with Gasteiger partial charge in [0.2, 0.25) is 5.82 Å². The highest BCUT2D eigenvalue weighted by molar-refractivity contribution is 5.36. The first-order valence-electron chi connectivity index (χ1n) is 4.91. The second-order valence-corrected chi connectivity index (χ2v) is 3.88. The van der Waals surface area contributed by atoms with Gasteiger partial charge in [-0.05, 0) is 37.1 Å². The molecule has 0 bridgehead atoms. The molecule has 1 fully saturated rings. The van der Waals surface area contributed by atoms with Gasteiger partial charge in [-0.15, -0.1) is 0 Å². The first-order chi connectivity index (χ1) is 7.58. The van der Waals surface area contributed by atoms with Gasteiger partial charge in [0.15, 0.2) is 0 Å². The van der Waals surface area contributed by atoms with E-state index in [0.29, 0.717) is 12.5 Å². The van der Waals surface area contributed by atoms with Gasteiger partial charge in [0.25, 0.3) is 0 Å². The lowest BCUT2D eigenvalue weighted by Gasteiger charge is -2.27. The summed E-state index contributed by atoms with van der Waals surface area (Å²) >= 11 is 0. The van der Waals surface area contributed by atoms with Crippen molar-refractivity contribution in [2.24, 2.45) is 5.92 Å². The Morgan fingerprint density at radius 3 is 2.56 bits per heavy atom. The Labute approximate surface area is 90.4 Å². The molecule has 1 N–H and O–H groups in total. The zero-order valence-electron chi connectivity index (χ0n) is 8.37. The van der Waals surface area contributed by atoms with Gasteiger partial charge in [-0.25, -0.2) is 4.39 Å². The van der Waals surface area contributed by atoms with E-state index in [0.717, 1.165) is 19.2 Å². The van der Waals surface area contributed by atoms with Gasteiger partial charge in [-0.2, -0.15) is 4.39 Å². The number of halogens is 2. The minimum absolute atomic E-state index is 0.203. The molecule has 1 aromatic carbocycles. The van der Waals surface area contributed by atoms with Crippen LogP contribution in [0.25, 0.3) is 0 Å². The van der Waals surface area contributed by atoms with E-state index in [1.54, 1.807) is 0 Å². The van der Waals surface area contributed by atoms with Crippen LogP contribution in [0.2, 0.25) is 0 Å². The second kappa shape index (κ2) is 4.13. The van der Waals surface area contributed by atoms with E-state index in [9.17, 15) is 18.9 Å². The summed E-state index contributed by atoms with van der Waals surface area (Å²) in [4.78, 5) is 9.44. The van der Waals surface area contributed by atoms with E-state index in [4.69, 9.17) is 0 Å². The van der Waals surface area contributed by atoms with Crippen LogP contribution in [-0.4, -0.2) is 18.0 Å². The molecule has 0 amide bonds. The molecule has 0 unspecified atom stereocenters. The predicted octanol–water partition coefficient (Wildman–Crippen LogP) is 1.63. The van der Waals surface area contributed by atoms with E-state index < -0.39 is 22.2 Å². The molecule has 0 spiro atoms. The van der Waals surface area contributed by atoms with Gasteiger partial charge >= 0.3 is 5.69 Å². The lowest BCUT2D eigenvalue weighted by Crippen LogP contribution is -2.43. The molecule has 0 aromatic heterocycles. The third kappa shape index (κ3) is 2.01. The van der Waals surface area contributed by atoms with Crippen LogP contribution in [-0.2, 0) is 6.42 Å². The fourth-order valence-electron chi connectivity index (χ4n) is 1.68. The Balaban J connectivity index is 2.25. The molecule has 1 aliphatic rings. The maximum Gasteiger partial charge on any atom is 0.307 e. The van der Waals surface area contributed by atoms with Crippen LogP contribution in [0.4, 0.5) is 14.5 Å². The summed E-state index contributed by atoms with van der Waals surface area (Å²) in [6.07, 6.45) is 0.410. The highest BCUT2D eigenvalue weighted by atomic mass is 19.1. The molecule has 2 rings (SSSR count). The van der Waals surface area contributed by atoms with Crippen LogP contribution in [0.3, 0.4) is 0 Å². The Morgan fingerprint density at radius 1 is 1.38 bits per heavy atom. The maximum atomic E-state index is 13.4. The van der Waals surface area contributed by atoms with Crippen molar-refractivity contribution in [2.45, 2.75) is 6.42 Å². The van der Waals surface area contributed by atoms with Gasteiger partial charge in [-0.3, -0.25) is 10.1 Å². The topological polar surface area (TPSA) is 55.2 Å². The first-order valence-corrected chi connectivity index (χ1v) is 4.91. The van der Waals surface area contributed by atoms with Gasteiger partial charge in [0.1, 0.15) is 5.82 Å². The average Bonchev–Trinajstić information content (AvgIpc) is 2.15. The van der Waals surface area contributed by atoms with Crippen molar-refractivity contribution in [3.05, 3.63) is 39.4 Å². The van der Waals surface area contributed by atoms with Crippen LogP contribution in [0.5, 0.6) is 0 Å². The number of benzene rings is 1. The average molecular weight is 228 g/mol. The summed E-state index contributed by atoms with van der Waals surface area (Å²) in [6, 6.07) is 1.57. The Morgan fingerprint density at radius 2 is 2.06 bits per heavy atom. The van der Waals surface area contributed by atoms with Crippen LogP contribution < -0.4 is 5.32 Å². The molecule has 0 radical (unpaired) electrons. The number of nitrogens with zero attached hydrogens (tertiary/aromatic N) is 1. The van der Waals surface area contributed by atoms with Crippen molar-refractivity contribution in [3.63, 3.8) is 0 Å². The second-order valence-electron chi connectivity index (χ2n) is 3.88. The lowest BCUT2D eigenvalue weighted by molar-refractivity contribution is -0.387. The molecule has 1 heterocycles. The monoisotopic (exact) mass is 228 g/mol. The van der Waals surface area contributed by atoms with Gasteiger partial charge in [0.05, 0.1) is 11.0 Å². The summed E-state index contributed by atoms with van der Waals surface area (Å²) in [5.74, 6) is -1.40. The van der Waals surface area contributed by atoms with Crippen LogP contribution in [0.15, 0.2) is 12.1 Å². The summed E-state index contributed by atoms with van der Waals surface area (Å²) in [7, 11) is 0. The molecule has 0 atom stereocenters. The third-order valence-electron chi connectivity index (χ3n) is 2.69. The standard InChI is InChI=1S/C10H10F2N2O2/c11-8-3-10(14(15)16)9(12)2-7(8)1-6-4-13-5-6/h2-3,6,13H,1,4-5H2.